The molecule has 2 unspecified atom stereocenters. The fraction of sp³-hybridized carbons (Fsp3) is 0.562. The van der Waals surface area contributed by atoms with Crippen LogP contribution in [0.3, 0.4) is 0 Å². The molecule has 21 heavy (non-hydrogen) atoms. The molecule has 2 atom stereocenters. The van der Waals surface area contributed by atoms with Crippen molar-refractivity contribution in [2.45, 2.75) is 43.6 Å². The number of aromatic nitrogens is 1. The molecule has 4 nitrogen and oxygen atoms in total. The quantitative estimate of drug-likeness (QED) is 0.808. The van der Waals surface area contributed by atoms with Crippen LogP contribution in [-0.4, -0.2) is 17.3 Å². The van der Waals surface area contributed by atoms with E-state index in [0.29, 0.717) is 11.7 Å². The molecule has 1 aliphatic rings. The van der Waals surface area contributed by atoms with Crippen LogP contribution in [0.25, 0.3) is 11.1 Å². The van der Waals surface area contributed by atoms with Gasteiger partial charge in [-0.15, -0.1) is 11.6 Å². The Kier molecular flexibility index (Phi) is 4.36. The molecule has 1 aromatic carbocycles. The molecule has 1 aromatic heterocycles. The SMILES string of the molecule is Cn1c(=O)oc2cc(C(Cl)CCC3CCCCO3)ccc21. The number of halogens is 1. The van der Waals surface area contributed by atoms with Crippen molar-refractivity contribution in [3.63, 3.8) is 0 Å². The van der Waals surface area contributed by atoms with Gasteiger partial charge in [0.1, 0.15) is 0 Å². The van der Waals surface area contributed by atoms with Crippen LogP contribution in [-0.2, 0) is 11.8 Å². The maximum Gasteiger partial charge on any atom is 0.419 e. The number of hydrogen-bond donors (Lipinski definition) is 0. The number of alkyl halides is 1. The smallest absolute Gasteiger partial charge is 0.408 e. The van der Waals surface area contributed by atoms with E-state index in [1.807, 2.05) is 18.2 Å². The Bertz CT molecular complexity index is 670. The van der Waals surface area contributed by atoms with Crippen molar-refractivity contribution in [2.24, 2.45) is 7.05 Å². The molecule has 5 heteroatoms. The fourth-order valence-corrected chi connectivity index (χ4v) is 3.14. The van der Waals surface area contributed by atoms with Gasteiger partial charge in [-0.1, -0.05) is 6.07 Å². The number of aryl methyl sites for hydroxylation is 1. The van der Waals surface area contributed by atoms with Crippen LogP contribution in [0.5, 0.6) is 0 Å². The standard InChI is InChI=1S/C16H20ClNO3/c1-18-14-8-5-11(10-15(14)21-16(18)19)13(17)7-6-12-4-2-3-9-20-12/h5,8,10,12-13H,2-4,6-7,9H2,1H3. The van der Waals surface area contributed by atoms with Crippen LogP contribution in [0.15, 0.2) is 27.4 Å². The van der Waals surface area contributed by atoms with Crippen LogP contribution in [0.1, 0.15) is 43.0 Å². The number of benzene rings is 1. The number of hydrogen-bond acceptors (Lipinski definition) is 3. The van der Waals surface area contributed by atoms with Crippen molar-refractivity contribution in [2.75, 3.05) is 6.61 Å². The van der Waals surface area contributed by atoms with Crippen molar-refractivity contribution in [3.05, 3.63) is 34.3 Å². The Labute approximate surface area is 128 Å². The average Bonchev–Trinajstić information content (AvgIpc) is 2.80. The molecular weight excluding hydrogens is 290 g/mol. The highest BCUT2D eigenvalue weighted by Gasteiger charge is 2.17. The van der Waals surface area contributed by atoms with Gasteiger partial charge >= 0.3 is 5.76 Å². The molecule has 1 fully saturated rings. The van der Waals surface area contributed by atoms with Gasteiger partial charge in [-0.25, -0.2) is 4.79 Å². The number of rotatable bonds is 4. The van der Waals surface area contributed by atoms with E-state index < -0.39 is 0 Å². The van der Waals surface area contributed by atoms with Crippen molar-refractivity contribution >= 4 is 22.7 Å². The van der Waals surface area contributed by atoms with E-state index in [-0.39, 0.29) is 11.1 Å². The Morgan fingerprint density at radius 3 is 3.05 bits per heavy atom. The van der Waals surface area contributed by atoms with Crippen molar-refractivity contribution in [1.29, 1.82) is 0 Å². The minimum Gasteiger partial charge on any atom is -0.408 e. The monoisotopic (exact) mass is 309 g/mol. The van der Waals surface area contributed by atoms with Gasteiger partial charge in [0.25, 0.3) is 0 Å². The second-order valence-corrected chi connectivity index (χ2v) is 6.21. The fourth-order valence-electron chi connectivity index (χ4n) is 2.88. The lowest BCUT2D eigenvalue weighted by Crippen LogP contribution is -2.19. The first-order chi connectivity index (χ1) is 10.1. The molecule has 3 rings (SSSR count). The van der Waals surface area contributed by atoms with Gasteiger partial charge in [0.05, 0.1) is 17.0 Å². The van der Waals surface area contributed by atoms with Crippen molar-refractivity contribution in [3.8, 4) is 0 Å². The molecule has 0 aliphatic carbocycles. The van der Waals surface area contributed by atoms with Crippen molar-refractivity contribution < 1.29 is 9.15 Å². The van der Waals surface area contributed by atoms with E-state index in [4.69, 9.17) is 20.8 Å². The van der Waals surface area contributed by atoms with E-state index in [9.17, 15) is 4.79 Å². The molecule has 0 spiro atoms. The highest BCUT2D eigenvalue weighted by Crippen LogP contribution is 2.30. The second kappa shape index (κ2) is 6.24. The van der Waals surface area contributed by atoms with E-state index in [2.05, 4.69) is 0 Å². The first-order valence-electron chi connectivity index (χ1n) is 7.50. The van der Waals surface area contributed by atoms with E-state index in [1.54, 1.807) is 7.05 Å². The predicted octanol–water partition coefficient (Wildman–Crippen LogP) is 3.76. The van der Waals surface area contributed by atoms with Gasteiger partial charge in [0.2, 0.25) is 0 Å². The van der Waals surface area contributed by atoms with Gasteiger partial charge in [-0.3, -0.25) is 4.57 Å². The zero-order valence-corrected chi connectivity index (χ0v) is 12.9. The third-order valence-corrected chi connectivity index (χ3v) is 4.66. The van der Waals surface area contributed by atoms with Gasteiger partial charge in [0, 0.05) is 13.7 Å². The van der Waals surface area contributed by atoms with Gasteiger partial charge < -0.3 is 9.15 Å². The maximum atomic E-state index is 11.5. The lowest BCUT2D eigenvalue weighted by Gasteiger charge is -2.23. The summed E-state index contributed by atoms with van der Waals surface area (Å²) in [7, 11) is 1.70. The van der Waals surface area contributed by atoms with Crippen LogP contribution in [0, 0.1) is 0 Å². The number of fused-ring (bicyclic) bond motifs is 1. The maximum absolute atomic E-state index is 11.5. The average molecular weight is 310 g/mol. The van der Waals surface area contributed by atoms with Crippen LogP contribution in [0.2, 0.25) is 0 Å². The van der Waals surface area contributed by atoms with E-state index in [1.165, 1.54) is 17.4 Å². The molecule has 2 heterocycles. The van der Waals surface area contributed by atoms with Crippen LogP contribution in [0.4, 0.5) is 0 Å². The molecule has 0 saturated carbocycles. The summed E-state index contributed by atoms with van der Waals surface area (Å²) in [6.07, 6.45) is 5.75. The summed E-state index contributed by atoms with van der Waals surface area (Å²) in [5, 5.41) is -0.0783. The second-order valence-electron chi connectivity index (χ2n) is 5.69. The molecule has 0 amide bonds. The lowest BCUT2D eigenvalue weighted by atomic mass is 10.0. The summed E-state index contributed by atoms with van der Waals surface area (Å²) in [6.45, 7) is 0.874. The van der Waals surface area contributed by atoms with Crippen LogP contribution >= 0.6 is 11.6 Å². The van der Waals surface area contributed by atoms with Crippen molar-refractivity contribution in [1.82, 2.24) is 4.57 Å². The molecule has 1 aliphatic heterocycles. The summed E-state index contributed by atoms with van der Waals surface area (Å²) < 4.78 is 12.4. The lowest BCUT2D eigenvalue weighted by molar-refractivity contribution is 0.0100. The summed E-state index contributed by atoms with van der Waals surface area (Å²) in [6, 6.07) is 5.73. The summed E-state index contributed by atoms with van der Waals surface area (Å²) >= 11 is 6.49. The van der Waals surface area contributed by atoms with E-state index in [0.717, 1.165) is 36.9 Å². The Hall–Kier alpha value is -1.26. The molecule has 1 saturated heterocycles. The first-order valence-corrected chi connectivity index (χ1v) is 7.94. The van der Waals surface area contributed by atoms with Gasteiger partial charge in [-0.2, -0.15) is 0 Å². The Morgan fingerprint density at radius 2 is 2.29 bits per heavy atom. The Balaban J connectivity index is 1.69. The topological polar surface area (TPSA) is 44.4 Å². The molecular formula is C16H20ClNO3. The number of oxazole rings is 1. The number of ether oxygens (including phenoxy) is 1. The first kappa shape index (κ1) is 14.7. The predicted molar refractivity (Wildman–Crippen MR) is 82.9 cm³/mol. The van der Waals surface area contributed by atoms with Crippen LogP contribution < -0.4 is 5.76 Å². The van der Waals surface area contributed by atoms with Gasteiger partial charge in [0.15, 0.2) is 5.58 Å². The highest BCUT2D eigenvalue weighted by atomic mass is 35.5. The normalized spacial score (nSPS) is 20.8. The van der Waals surface area contributed by atoms with E-state index >= 15 is 0 Å². The summed E-state index contributed by atoms with van der Waals surface area (Å²) in [5.41, 5.74) is 2.39. The zero-order chi connectivity index (χ0) is 14.8. The molecule has 2 aromatic rings. The van der Waals surface area contributed by atoms with Gasteiger partial charge in [-0.05, 0) is 49.8 Å². The third kappa shape index (κ3) is 3.16. The molecule has 0 N–H and O–H groups in total. The Morgan fingerprint density at radius 1 is 1.43 bits per heavy atom. The zero-order valence-electron chi connectivity index (χ0n) is 12.2. The minimum absolute atomic E-state index is 0.0783. The molecule has 114 valence electrons. The number of nitrogens with zero attached hydrogens (tertiary/aromatic N) is 1. The molecule has 0 radical (unpaired) electrons. The largest absolute Gasteiger partial charge is 0.419 e. The molecule has 0 bridgehead atoms. The summed E-state index contributed by atoms with van der Waals surface area (Å²) in [5.74, 6) is -0.344. The third-order valence-electron chi connectivity index (χ3n) is 4.19. The highest BCUT2D eigenvalue weighted by molar-refractivity contribution is 6.20. The summed E-state index contributed by atoms with van der Waals surface area (Å²) in [4.78, 5) is 11.5. The minimum atomic E-state index is -0.344.